The van der Waals surface area contributed by atoms with Crippen LogP contribution in [0, 0.1) is 0 Å². The number of hydrogen-bond acceptors (Lipinski definition) is 4. The van der Waals surface area contributed by atoms with Crippen molar-refractivity contribution in [1.29, 1.82) is 0 Å². The summed E-state index contributed by atoms with van der Waals surface area (Å²) in [5, 5.41) is 2.12. The van der Waals surface area contributed by atoms with Gasteiger partial charge in [-0.05, 0) is 13.8 Å². The maximum Gasteiger partial charge on any atom is 0.410 e. The third kappa shape index (κ3) is 6.98. The van der Waals surface area contributed by atoms with Crippen molar-refractivity contribution in [2.75, 3.05) is 0 Å². The highest BCUT2D eigenvalue weighted by Gasteiger charge is 2.37. The minimum absolute atomic E-state index is 0.339. The van der Waals surface area contributed by atoms with Gasteiger partial charge in [-0.2, -0.15) is 0 Å². The molecule has 94 valence electrons. The number of amides is 1. The van der Waals surface area contributed by atoms with Crippen LogP contribution in [0.3, 0.4) is 0 Å². The summed E-state index contributed by atoms with van der Waals surface area (Å²) in [6, 6.07) is 0. The van der Waals surface area contributed by atoms with E-state index in [0.717, 1.165) is 6.92 Å². The SMILES string of the molecule is CC(=O)O[C@H](NC(=O)OC(C)C)C(Cl)(Cl)Cl. The molecule has 0 aromatic rings. The van der Waals surface area contributed by atoms with Gasteiger partial charge in [0, 0.05) is 6.92 Å². The van der Waals surface area contributed by atoms with E-state index >= 15 is 0 Å². The van der Waals surface area contributed by atoms with E-state index in [0.29, 0.717) is 0 Å². The largest absolute Gasteiger partial charge is 0.447 e. The van der Waals surface area contributed by atoms with E-state index in [-0.39, 0.29) is 6.10 Å². The maximum absolute atomic E-state index is 11.2. The molecule has 0 aliphatic carbocycles. The van der Waals surface area contributed by atoms with Crippen LogP contribution in [-0.4, -0.2) is 28.2 Å². The third-order valence-corrected chi connectivity index (χ3v) is 1.77. The highest BCUT2D eigenvalue weighted by atomic mass is 35.6. The Hall–Kier alpha value is -0.390. The Morgan fingerprint density at radius 3 is 2.00 bits per heavy atom. The van der Waals surface area contributed by atoms with E-state index in [2.05, 4.69) is 10.1 Å². The number of halogens is 3. The van der Waals surface area contributed by atoms with Gasteiger partial charge in [-0.3, -0.25) is 10.1 Å². The number of hydrogen-bond donors (Lipinski definition) is 1. The molecule has 0 heterocycles. The number of ether oxygens (including phenoxy) is 2. The Morgan fingerprint density at radius 1 is 1.19 bits per heavy atom. The van der Waals surface area contributed by atoms with Crippen LogP contribution >= 0.6 is 34.8 Å². The average Bonchev–Trinajstić information content (AvgIpc) is 1.98. The molecule has 0 aliphatic rings. The Labute approximate surface area is 108 Å². The fourth-order valence-corrected chi connectivity index (χ4v) is 0.997. The normalized spacial score (nSPS) is 13.2. The number of alkyl carbamates (subject to hydrolysis) is 1. The summed E-state index contributed by atoms with van der Waals surface area (Å²) in [6.45, 7) is 4.42. The van der Waals surface area contributed by atoms with Crippen LogP contribution in [0.5, 0.6) is 0 Å². The Kier molecular flexibility index (Phi) is 6.22. The van der Waals surface area contributed by atoms with Gasteiger partial charge < -0.3 is 9.47 Å². The molecule has 0 aromatic carbocycles. The molecule has 1 N–H and O–H groups in total. The average molecular weight is 293 g/mol. The lowest BCUT2D eigenvalue weighted by molar-refractivity contribution is -0.147. The molecule has 0 bridgehead atoms. The lowest BCUT2D eigenvalue weighted by atomic mass is 10.5. The molecule has 0 fully saturated rings. The highest BCUT2D eigenvalue weighted by molar-refractivity contribution is 6.68. The van der Waals surface area contributed by atoms with Crippen molar-refractivity contribution in [2.45, 2.75) is 36.9 Å². The lowest BCUT2D eigenvalue weighted by Crippen LogP contribution is -2.47. The van der Waals surface area contributed by atoms with Crippen molar-refractivity contribution in [3.63, 3.8) is 0 Å². The second-order valence-electron chi connectivity index (χ2n) is 3.13. The molecule has 16 heavy (non-hydrogen) atoms. The fourth-order valence-electron chi connectivity index (χ4n) is 0.699. The topological polar surface area (TPSA) is 64.6 Å². The lowest BCUT2D eigenvalue weighted by Gasteiger charge is -2.24. The molecule has 0 rings (SSSR count). The molecule has 0 saturated carbocycles. The molecule has 0 aliphatic heterocycles. The fraction of sp³-hybridized carbons (Fsp3) is 0.750. The summed E-state index contributed by atoms with van der Waals surface area (Å²) in [6.07, 6.45) is -2.58. The van der Waals surface area contributed by atoms with Crippen molar-refractivity contribution in [2.24, 2.45) is 0 Å². The first kappa shape index (κ1) is 15.6. The summed E-state index contributed by atoms with van der Waals surface area (Å²) in [4.78, 5) is 21.9. The van der Waals surface area contributed by atoms with E-state index < -0.39 is 22.1 Å². The predicted octanol–water partition coefficient (Wildman–Crippen LogP) is 2.38. The zero-order valence-electron chi connectivity index (χ0n) is 8.92. The van der Waals surface area contributed by atoms with Crippen LogP contribution in [0.1, 0.15) is 20.8 Å². The molecule has 0 aromatic heterocycles. The van der Waals surface area contributed by atoms with Crippen molar-refractivity contribution in [3.8, 4) is 0 Å². The smallest absolute Gasteiger partial charge is 0.410 e. The van der Waals surface area contributed by atoms with Gasteiger partial charge in [0.15, 0.2) is 0 Å². The van der Waals surface area contributed by atoms with Gasteiger partial charge in [-0.15, -0.1) is 0 Å². The molecular formula is C8H12Cl3NO4. The van der Waals surface area contributed by atoms with Crippen molar-refractivity contribution >= 4 is 46.9 Å². The number of carbonyl (C=O) groups is 2. The minimum atomic E-state index is -1.97. The van der Waals surface area contributed by atoms with Crippen LogP contribution in [-0.2, 0) is 14.3 Å². The van der Waals surface area contributed by atoms with Gasteiger partial charge in [0.25, 0.3) is 0 Å². The number of alkyl halides is 3. The van der Waals surface area contributed by atoms with Crippen molar-refractivity contribution in [3.05, 3.63) is 0 Å². The second-order valence-corrected chi connectivity index (χ2v) is 5.50. The molecule has 5 nitrogen and oxygen atoms in total. The van der Waals surface area contributed by atoms with E-state index in [4.69, 9.17) is 39.5 Å². The van der Waals surface area contributed by atoms with Crippen molar-refractivity contribution < 1.29 is 19.1 Å². The van der Waals surface area contributed by atoms with Crippen molar-refractivity contribution in [1.82, 2.24) is 5.32 Å². The van der Waals surface area contributed by atoms with Gasteiger partial charge in [0.2, 0.25) is 10.0 Å². The third-order valence-electron chi connectivity index (χ3n) is 1.17. The molecule has 0 radical (unpaired) electrons. The number of esters is 1. The summed E-state index contributed by atoms with van der Waals surface area (Å²) in [5.41, 5.74) is 0. The minimum Gasteiger partial charge on any atom is -0.447 e. The first-order valence-electron chi connectivity index (χ1n) is 4.34. The van der Waals surface area contributed by atoms with Crippen LogP contribution in [0.2, 0.25) is 0 Å². The van der Waals surface area contributed by atoms with E-state index in [1.807, 2.05) is 0 Å². The molecule has 1 atom stereocenters. The van der Waals surface area contributed by atoms with Crippen LogP contribution in [0.25, 0.3) is 0 Å². The highest BCUT2D eigenvalue weighted by Crippen LogP contribution is 2.31. The molecule has 0 unspecified atom stereocenters. The standard InChI is InChI=1S/C8H12Cl3NO4/c1-4(2)15-7(14)12-6(8(9,10)11)16-5(3)13/h4,6H,1-3H3,(H,12,14)/t6-/m0/s1. The first-order chi connectivity index (χ1) is 7.12. The molecule has 0 spiro atoms. The quantitative estimate of drug-likeness (QED) is 0.493. The van der Waals surface area contributed by atoms with E-state index in [1.54, 1.807) is 13.8 Å². The summed E-state index contributed by atoms with van der Waals surface area (Å²) >= 11 is 16.5. The van der Waals surface area contributed by atoms with E-state index in [1.165, 1.54) is 0 Å². The number of nitrogens with one attached hydrogen (secondary N) is 1. The van der Waals surface area contributed by atoms with E-state index in [9.17, 15) is 9.59 Å². The molecule has 8 heteroatoms. The van der Waals surface area contributed by atoms with Crippen LogP contribution < -0.4 is 5.32 Å². The summed E-state index contributed by atoms with van der Waals surface area (Å²) < 4.78 is 7.39. The maximum atomic E-state index is 11.2. The molecule has 0 saturated heterocycles. The van der Waals surface area contributed by atoms with Gasteiger partial charge in [-0.1, -0.05) is 34.8 Å². The van der Waals surface area contributed by atoms with Gasteiger partial charge in [-0.25, -0.2) is 4.79 Å². The Balaban J connectivity index is 4.44. The zero-order chi connectivity index (χ0) is 12.9. The number of rotatable bonds is 3. The Morgan fingerprint density at radius 2 is 1.69 bits per heavy atom. The summed E-state index contributed by atoms with van der Waals surface area (Å²) in [5.74, 6) is -0.693. The second kappa shape index (κ2) is 6.37. The monoisotopic (exact) mass is 291 g/mol. The van der Waals surface area contributed by atoms with Gasteiger partial charge in [0.1, 0.15) is 0 Å². The Bertz CT molecular complexity index is 264. The van der Waals surface area contributed by atoms with Gasteiger partial charge >= 0.3 is 12.1 Å². The predicted molar refractivity (Wildman–Crippen MR) is 60.6 cm³/mol. The summed E-state index contributed by atoms with van der Waals surface area (Å²) in [7, 11) is 0. The van der Waals surface area contributed by atoms with Gasteiger partial charge in [0.05, 0.1) is 6.10 Å². The number of carbonyl (C=O) groups excluding carboxylic acids is 2. The first-order valence-corrected chi connectivity index (χ1v) is 5.47. The van der Waals surface area contributed by atoms with Crippen LogP contribution in [0.4, 0.5) is 4.79 Å². The zero-order valence-corrected chi connectivity index (χ0v) is 11.2. The molecule has 1 amide bonds. The van der Waals surface area contributed by atoms with Crippen LogP contribution in [0.15, 0.2) is 0 Å². The molecular weight excluding hydrogens is 280 g/mol.